The van der Waals surface area contributed by atoms with Gasteiger partial charge in [-0.2, -0.15) is 0 Å². The van der Waals surface area contributed by atoms with Crippen LogP contribution in [-0.2, 0) is 29.6 Å². The van der Waals surface area contributed by atoms with Crippen LogP contribution in [0.25, 0.3) is 10.8 Å². The molecule has 2 N–H and O–H groups in total. The Morgan fingerprint density at radius 1 is 0.969 bits per heavy atom. The van der Waals surface area contributed by atoms with E-state index in [2.05, 4.69) is 44.9 Å². The summed E-state index contributed by atoms with van der Waals surface area (Å²) in [7, 11) is 0. The van der Waals surface area contributed by atoms with Gasteiger partial charge in [-0.3, -0.25) is 14.6 Å². The molecular formula is C26H20N4O2. The van der Waals surface area contributed by atoms with Crippen molar-refractivity contribution in [3.63, 3.8) is 0 Å². The van der Waals surface area contributed by atoms with Crippen molar-refractivity contribution in [2.75, 3.05) is 5.32 Å². The minimum atomic E-state index is -0.659. The highest BCUT2D eigenvalue weighted by Crippen LogP contribution is 2.46. The highest BCUT2D eigenvalue weighted by molar-refractivity contribution is 6.06. The number of anilines is 1. The van der Waals surface area contributed by atoms with Crippen molar-refractivity contribution < 1.29 is 9.59 Å². The third kappa shape index (κ3) is 2.87. The number of carbonyl (C=O) groups excluding carboxylic acids is 2. The van der Waals surface area contributed by atoms with Crippen LogP contribution in [0.15, 0.2) is 73.1 Å². The second-order valence-electron chi connectivity index (χ2n) is 8.49. The Bertz CT molecular complexity index is 1410. The molecule has 2 aromatic carbocycles. The van der Waals surface area contributed by atoms with Crippen LogP contribution in [0, 0.1) is 0 Å². The quantitative estimate of drug-likeness (QED) is 0.531. The number of carbonyl (C=O) groups is 2. The smallest absolute Gasteiger partial charge is 0.270 e. The fraction of sp³-hybridized carbons (Fsp3) is 0.154. The van der Waals surface area contributed by atoms with Gasteiger partial charge in [0.05, 0.1) is 5.41 Å². The van der Waals surface area contributed by atoms with E-state index in [9.17, 15) is 9.59 Å². The fourth-order valence-electron chi connectivity index (χ4n) is 4.90. The van der Waals surface area contributed by atoms with Crippen molar-refractivity contribution in [2.45, 2.75) is 24.8 Å². The molecule has 1 spiro atoms. The van der Waals surface area contributed by atoms with Gasteiger partial charge in [-0.15, -0.1) is 0 Å². The first-order chi connectivity index (χ1) is 15.6. The van der Waals surface area contributed by atoms with Gasteiger partial charge in [0, 0.05) is 24.5 Å². The Hall–Kier alpha value is -4.06. The molecule has 1 atom stereocenters. The molecule has 2 aromatic heterocycles. The van der Waals surface area contributed by atoms with Crippen molar-refractivity contribution in [1.29, 1.82) is 0 Å². The average molecular weight is 420 g/mol. The number of fused-ring (bicyclic) bond motifs is 4. The predicted octanol–water partition coefficient (Wildman–Crippen LogP) is 3.55. The lowest BCUT2D eigenvalue weighted by atomic mass is 9.79. The summed E-state index contributed by atoms with van der Waals surface area (Å²) < 4.78 is 0. The molecule has 32 heavy (non-hydrogen) atoms. The zero-order valence-corrected chi connectivity index (χ0v) is 17.3. The molecule has 1 unspecified atom stereocenters. The summed E-state index contributed by atoms with van der Waals surface area (Å²) >= 11 is 0. The Kier molecular flexibility index (Phi) is 4.08. The highest BCUT2D eigenvalue weighted by atomic mass is 16.2. The molecule has 6 heteroatoms. The number of nitrogens with zero attached hydrogens (tertiary/aromatic N) is 2. The third-order valence-corrected chi connectivity index (χ3v) is 6.56. The van der Waals surface area contributed by atoms with E-state index in [0.717, 1.165) is 27.6 Å². The minimum Gasteiger partial charge on any atom is -0.347 e. The molecule has 6 rings (SSSR count). The number of benzene rings is 2. The van der Waals surface area contributed by atoms with E-state index >= 15 is 0 Å². The molecule has 2 aliphatic rings. The Morgan fingerprint density at radius 2 is 1.81 bits per heavy atom. The van der Waals surface area contributed by atoms with Crippen molar-refractivity contribution in [2.24, 2.45) is 0 Å². The molecule has 0 fully saturated rings. The maximum absolute atomic E-state index is 12.8. The van der Waals surface area contributed by atoms with Gasteiger partial charge in [0.1, 0.15) is 11.5 Å². The molecule has 0 bridgehead atoms. The SMILES string of the molecule is O=C(NCc1ccc2ccccc2c1)c1cc2c(cn1)CC1(C2)C(=O)Nc2ncccc21. The third-order valence-electron chi connectivity index (χ3n) is 6.56. The second kappa shape index (κ2) is 6.99. The van der Waals surface area contributed by atoms with Gasteiger partial charge in [-0.1, -0.05) is 42.5 Å². The summed E-state index contributed by atoms with van der Waals surface area (Å²) in [5, 5.41) is 8.18. The van der Waals surface area contributed by atoms with E-state index in [0.29, 0.717) is 30.9 Å². The molecular weight excluding hydrogens is 400 g/mol. The summed E-state index contributed by atoms with van der Waals surface area (Å²) in [4.78, 5) is 34.3. The summed E-state index contributed by atoms with van der Waals surface area (Å²) in [5.41, 5.74) is 3.65. The van der Waals surface area contributed by atoms with Crippen LogP contribution in [0.5, 0.6) is 0 Å². The van der Waals surface area contributed by atoms with Crippen molar-refractivity contribution in [3.8, 4) is 0 Å². The molecule has 156 valence electrons. The zero-order chi connectivity index (χ0) is 21.7. The molecule has 6 nitrogen and oxygen atoms in total. The van der Waals surface area contributed by atoms with Crippen LogP contribution in [0.3, 0.4) is 0 Å². The van der Waals surface area contributed by atoms with E-state index in [4.69, 9.17) is 0 Å². The van der Waals surface area contributed by atoms with E-state index in [1.807, 2.05) is 36.4 Å². The fourth-order valence-corrected chi connectivity index (χ4v) is 4.90. The minimum absolute atomic E-state index is 0.0373. The number of aromatic nitrogens is 2. The van der Waals surface area contributed by atoms with Crippen molar-refractivity contribution in [3.05, 3.63) is 101 Å². The average Bonchev–Trinajstić information content (AvgIpc) is 3.34. The van der Waals surface area contributed by atoms with Crippen molar-refractivity contribution in [1.82, 2.24) is 15.3 Å². The van der Waals surface area contributed by atoms with Crippen LogP contribution in [0.1, 0.15) is 32.7 Å². The van der Waals surface area contributed by atoms with Gasteiger partial charge >= 0.3 is 0 Å². The normalized spacial score (nSPS) is 18.4. The van der Waals surface area contributed by atoms with Gasteiger partial charge in [0.25, 0.3) is 5.91 Å². The number of amides is 2. The van der Waals surface area contributed by atoms with Crippen LogP contribution < -0.4 is 10.6 Å². The topological polar surface area (TPSA) is 84.0 Å². The molecule has 1 aliphatic carbocycles. The lowest BCUT2D eigenvalue weighted by molar-refractivity contribution is -0.120. The van der Waals surface area contributed by atoms with Crippen LogP contribution >= 0.6 is 0 Å². The summed E-state index contributed by atoms with van der Waals surface area (Å²) in [6.45, 7) is 0.424. The number of nitrogens with one attached hydrogen (secondary N) is 2. The second-order valence-corrected chi connectivity index (χ2v) is 8.49. The first kappa shape index (κ1) is 18.7. The molecule has 1 aliphatic heterocycles. The molecule has 0 saturated heterocycles. The van der Waals surface area contributed by atoms with Crippen LogP contribution in [0.2, 0.25) is 0 Å². The van der Waals surface area contributed by atoms with E-state index < -0.39 is 5.41 Å². The lowest BCUT2D eigenvalue weighted by Gasteiger charge is -2.20. The maximum Gasteiger partial charge on any atom is 0.270 e. The molecule has 0 radical (unpaired) electrons. The van der Waals surface area contributed by atoms with Crippen LogP contribution in [-0.4, -0.2) is 21.8 Å². The molecule has 4 aromatic rings. The Labute approximate surface area is 184 Å². The molecule has 0 saturated carbocycles. The monoisotopic (exact) mass is 420 g/mol. The first-order valence-corrected chi connectivity index (χ1v) is 10.6. The number of hydrogen-bond donors (Lipinski definition) is 2. The van der Waals surface area contributed by atoms with Gasteiger partial charge in [-0.05, 0) is 58.5 Å². The Morgan fingerprint density at radius 3 is 2.72 bits per heavy atom. The maximum atomic E-state index is 12.8. The first-order valence-electron chi connectivity index (χ1n) is 10.6. The predicted molar refractivity (Wildman–Crippen MR) is 121 cm³/mol. The summed E-state index contributed by atoms with van der Waals surface area (Å²) in [6, 6.07) is 19.9. The lowest BCUT2D eigenvalue weighted by Crippen LogP contribution is -2.35. The number of pyridine rings is 2. The van der Waals surface area contributed by atoms with Crippen molar-refractivity contribution >= 4 is 28.4 Å². The summed E-state index contributed by atoms with van der Waals surface area (Å²) in [6.07, 6.45) is 4.52. The summed E-state index contributed by atoms with van der Waals surface area (Å²) in [5.74, 6) is 0.371. The van der Waals surface area contributed by atoms with Gasteiger partial charge < -0.3 is 10.6 Å². The van der Waals surface area contributed by atoms with Gasteiger partial charge in [0.15, 0.2) is 0 Å². The zero-order valence-electron chi connectivity index (χ0n) is 17.3. The van der Waals surface area contributed by atoms with E-state index in [-0.39, 0.29) is 11.8 Å². The van der Waals surface area contributed by atoms with Crippen LogP contribution in [0.4, 0.5) is 5.82 Å². The number of hydrogen-bond acceptors (Lipinski definition) is 4. The largest absolute Gasteiger partial charge is 0.347 e. The molecule has 2 amide bonds. The Balaban J connectivity index is 1.21. The number of rotatable bonds is 3. The van der Waals surface area contributed by atoms with Gasteiger partial charge in [-0.25, -0.2) is 4.98 Å². The van der Waals surface area contributed by atoms with E-state index in [1.165, 1.54) is 5.39 Å². The highest BCUT2D eigenvalue weighted by Gasteiger charge is 2.51. The standard InChI is InChI=1S/C26H20N4O2/c31-24(29-14-16-7-8-17-4-1-2-5-18(17)10-16)22-11-19-12-26(13-20(19)15-28-22)21-6-3-9-27-23(21)30-25(26)32/h1-11,15H,12-14H2,(H,29,31)(H,27,30,32). The molecule has 3 heterocycles. The van der Waals surface area contributed by atoms with Gasteiger partial charge in [0.2, 0.25) is 5.91 Å². The van der Waals surface area contributed by atoms with E-state index in [1.54, 1.807) is 12.4 Å².